The number of nitrogens with zero attached hydrogens (tertiary/aromatic N) is 2. The van der Waals surface area contributed by atoms with E-state index in [0.717, 1.165) is 11.4 Å². The Morgan fingerprint density at radius 1 is 1.52 bits per heavy atom. The van der Waals surface area contributed by atoms with Crippen LogP contribution in [0.5, 0.6) is 0 Å². The van der Waals surface area contributed by atoms with Crippen LogP contribution in [0.15, 0.2) is 29.2 Å². The third kappa shape index (κ3) is 3.95. The Morgan fingerprint density at radius 2 is 2.29 bits per heavy atom. The van der Waals surface area contributed by atoms with E-state index >= 15 is 0 Å². The quantitative estimate of drug-likeness (QED) is 0.789. The predicted molar refractivity (Wildman–Crippen MR) is 80.3 cm³/mol. The van der Waals surface area contributed by atoms with Crippen LogP contribution in [-0.2, 0) is 13.5 Å². The van der Waals surface area contributed by atoms with Gasteiger partial charge in [-0.05, 0) is 32.0 Å². The van der Waals surface area contributed by atoms with Gasteiger partial charge in [0.25, 0.3) is 5.56 Å². The number of aromatic nitrogens is 3. The molecule has 0 radical (unpaired) electrons. The lowest BCUT2D eigenvalue weighted by Gasteiger charge is -2.13. The minimum Gasteiger partial charge on any atom is -0.335 e. The highest BCUT2D eigenvalue weighted by atomic mass is 16.2. The maximum Gasteiger partial charge on any atom is 0.319 e. The van der Waals surface area contributed by atoms with Crippen LogP contribution < -0.4 is 16.2 Å². The van der Waals surface area contributed by atoms with Crippen LogP contribution in [0.1, 0.15) is 18.3 Å². The first-order chi connectivity index (χ1) is 9.95. The number of anilines is 1. The molecule has 112 valence electrons. The number of urea groups is 1. The summed E-state index contributed by atoms with van der Waals surface area (Å²) in [4.78, 5) is 23.7. The molecule has 1 atom stereocenters. The average Bonchev–Trinajstić information content (AvgIpc) is 2.80. The molecule has 2 rings (SSSR count). The summed E-state index contributed by atoms with van der Waals surface area (Å²) in [5.74, 6) is 0. The predicted octanol–water partition coefficient (Wildman–Crippen LogP) is 1.17. The van der Waals surface area contributed by atoms with Crippen molar-refractivity contribution in [3.05, 3.63) is 46.1 Å². The number of aryl methyl sites for hydroxylation is 2. The summed E-state index contributed by atoms with van der Waals surface area (Å²) in [6.07, 6.45) is 2.25. The van der Waals surface area contributed by atoms with E-state index in [2.05, 4.69) is 20.8 Å². The highest BCUT2D eigenvalue weighted by Crippen LogP contribution is 2.02. The fourth-order valence-corrected chi connectivity index (χ4v) is 2.02. The molecular formula is C14H19N5O2. The van der Waals surface area contributed by atoms with Crippen molar-refractivity contribution >= 4 is 11.7 Å². The minimum absolute atomic E-state index is 0.0970. The summed E-state index contributed by atoms with van der Waals surface area (Å²) in [5.41, 5.74) is 1.87. The molecule has 0 saturated carbocycles. The topological polar surface area (TPSA) is 91.8 Å². The fourth-order valence-electron chi connectivity index (χ4n) is 2.02. The van der Waals surface area contributed by atoms with Crippen LogP contribution in [0.3, 0.4) is 0 Å². The highest BCUT2D eigenvalue weighted by molar-refractivity contribution is 5.89. The fraction of sp³-hybridized carbons (Fsp3) is 0.357. The number of rotatable bonds is 4. The lowest BCUT2D eigenvalue weighted by Crippen LogP contribution is -2.38. The Balaban J connectivity index is 1.92. The third-order valence-electron chi connectivity index (χ3n) is 3.02. The summed E-state index contributed by atoms with van der Waals surface area (Å²) in [6.45, 7) is 3.80. The zero-order valence-electron chi connectivity index (χ0n) is 12.3. The largest absolute Gasteiger partial charge is 0.335 e. The van der Waals surface area contributed by atoms with Crippen molar-refractivity contribution in [3.63, 3.8) is 0 Å². The van der Waals surface area contributed by atoms with Crippen molar-refractivity contribution in [1.29, 1.82) is 0 Å². The summed E-state index contributed by atoms with van der Waals surface area (Å²) in [7, 11) is 1.63. The molecule has 0 aliphatic rings. The monoisotopic (exact) mass is 289 g/mol. The lowest BCUT2D eigenvalue weighted by molar-refractivity contribution is 0.249. The Labute approximate surface area is 122 Å². The van der Waals surface area contributed by atoms with E-state index in [-0.39, 0.29) is 17.3 Å². The number of nitrogens with one attached hydrogen (secondary N) is 3. The van der Waals surface area contributed by atoms with Crippen molar-refractivity contribution in [1.82, 2.24) is 20.1 Å². The molecule has 0 fully saturated rings. The molecule has 0 bridgehead atoms. The van der Waals surface area contributed by atoms with E-state index < -0.39 is 6.03 Å². The van der Waals surface area contributed by atoms with Gasteiger partial charge in [-0.1, -0.05) is 0 Å². The number of pyridine rings is 1. The standard InChI is InChI=1S/C14H19N5O2/c1-9(7-11-8-10(2)17-18-11)15-14(21)16-12-5-4-6-19(3)13(12)20/h4-6,8-9H,7H2,1-3H3,(H,17,18)(H2,15,16,21). The molecule has 0 spiro atoms. The summed E-state index contributed by atoms with van der Waals surface area (Å²) in [5, 5.41) is 12.3. The van der Waals surface area contributed by atoms with Gasteiger partial charge >= 0.3 is 6.03 Å². The molecule has 2 aromatic heterocycles. The SMILES string of the molecule is Cc1cc(CC(C)NC(=O)Nc2cccn(C)c2=O)n[nH]1. The van der Waals surface area contributed by atoms with Gasteiger partial charge in [0.15, 0.2) is 0 Å². The summed E-state index contributed by atoms with van der Waals surface area (Å²) < 4.78 is 1.41. The molecule has 2 aromatic rings. The lowest BCUT2D eigenvalue weighted by atomic mass is 10.2. The highest BCUT2D eigenvalue weighted by Gasteiger charge is 2.11. The maximum absolute atomic E-state index is 11.9. The first-order valence-electron chi connectivity index (χ1n) is 6.70. The molecule has 1 unspecified atom stereocenters. The van der Waals surface area contributed by atoms with E-state index in [1.54, 1.807) is 25.4 Å². The Kier molecular flexibility index (Phi) is 4.42. The second-order valence-electron chi connectivity index (χ2n) is 5.08. The van der Waals surface area contributed by atoms with Crippen molar-refractivity contribution < 1.29 is 4.79 Å². The van der Waals surface area contributed by atoms with E-state index in [0.29, 0.717) is 6.42 Å². The molecule has 2 amide bonds. The van der Waals surface area contributed by atoms with Crippen LogP contribution in [-0.4, -0.2) is 26.8 Å². The van der Waals surface area contributed by atoms with Gasteiger partial charge in [-0.15, -0.1) is 0 Å². The Morgan fingerprint density at radius 3 is 2.95 bits per heavy atom. The first kappa shape index (κ1) is 14.8. The number of H-pyrrole nitrogens is 1. The molecule has 7 heteroatoms. The number of hydrogen-bond acceptors (Lipinski definition) is 3. The van der Waals surface area contributed by atoms with E-state index in [1.807, 2.05) is 19.9 Å². The summed E-state index contributed by atoms with van der Waals surface area (Å²) >= 11 is 0. The molecule has 0 aromatic carbocycles. The molecule has 21 heavy (non-hydrogen) atoms. The van der Waals surface area contributed by atoms with Crippen molar-refractivity contribution in [2.45, 2.75) is 26.3 Å². The summed E-state index contributed by atoms with van der Waals surface area (Å²) in [6, 6.07) is 4.71. The van der Waals surface area contributed by atoms with Gasteiger partial charge in [-0.2, -0.15) is 5.10 Å². The van der Waals surface area contributed by atoms with Gasteiger partial charge in [0, 0.05) is 31.4 Å². The van der Waals surface area contributed by atoms with Gasteiger partial charge in [0.2, 0.25) is 0 Å². The normalized spacial score (nSPS) is 12.0. The minimum atomic E-state index is -0.405. The Hall–Kier alpha value is -2.57. The van der Waals surface area contributed by atoms with Gasteiger partial charge in [0.1, 0.15) is 5.69 Å². The second kappa shape index (κ2) is 6.25. The molecule has 7 nitrogen and oxygen atoms in total. The maximum atomic E-state index is 11.9. The smallest absolute Gasteiger partial charge is 0.319 e. The Bertz CT molecular complexity index is 689. The molecule has 3 N–H and O–H groups in total. The van der Waals surface area contributed by atoms with E-state index in [1.165, 1.54) is 4.57 Å². The molecule has 0 aliphatic heterocycles. The number of amides is 2. The van der Waals surface area contributed by atoms with E-state index in [4.69, 9.17) is 0 Å². The van der Waals surface area contributed by atoms with Crippen molar-refractivity contribution in [2.24, 2.45) is 7.05 Å². The van der Waals surface area contributed by atoms with Crippen molar-refractivity contribution in [2.75, 3.05) is 5.32 Å². The van der Waals surface area contributed by atoms with Gasteiger partial charge in [-0.3, -0.25) is 9.89 Å². The van der Waals surface area contributed by atoms with Crippen LogP contribution >= 0.6 is 0 Å². The van der Waals surface area contributed by atoms with Crippen LogP contribution in [0.4, 0.5) is 10.5 Å². The first-order valence-corrected chi connectivity index (χ1v) is 6.70. The zero-order valence-corrected chi connectivity index (χ0v) is 12.3. The van der Waals surface area contributed by atoms with Crippen LogP contribution in [0, 0.1) is 6.92 Å². The number of carbonyl (C=O) groups excluding carboxylic acids is 1. The second-order valence-corrected chi connectivity index (χ2v) is 5.08. The molecule has 0 aliphatic carbocycles. The molecule has 2 heterocycles. The van der Waals surface area contributed by atoms with Crippen LogP contribution in [0.2, 0.25) is 0 Å². The number of hydrogen-bond donors (Lipinski definition) is 3. The van der Waals surface area contributed by atoms with Gasteiger partial charge < -0.3 is 15.2 Å². The van der Waals surface area contributed by atoms with Gasteiger partial charge in [-0.25, -0.2) is 4.79 Å². The molecular weight excluding hydrogens is 270 g/mol. The number of aromatic amines is 1. The zero-order chi connectivity index (χ0) is 15.4. The number of carbonyl (C=O) groups is 1. The third-order valence-corrected chi connectivity index (χ3v) is 3.02. The average molecular weight is 289 g/mol. The molecule has 0 saturated heterocycles. The van der Waals surface area contributed by atoms with Crippen LogP contribution in [0.25, 0.3) is 0 Å². The van der Waals surface area contributed by atoms with Crippen molar-refractivity contribution in [3.8, 4) is 0 Å². The van der Waals surface area contributed by atoms with Gasteiger partial charge in [0.05, 0.1) is 5.69 Å². The van der Waals surface area contributed by atoms with E-state index in [9.17, 15) is 9.59 Å².